The van der Waals surface area contributed by atoms with Crippen LogP contribution in [-0.4, -0.2) is 53.5 Å². The summed E-state index contributed by atoms with van der Waals surface area (Å²) in [5.74, 6) is 11.4. The summed E-state index contributed by atoms with van der Waals surface area (Å²) in [6.07, 6.45) is 3.35. The first-order valence-corrected chi connectivity index (χ1v) is 8.71. The molecule has 3 heteroatoms. The Morgan fingerprint density at radius 3 is 2.53 bits per heavy atom. The maximum Gasteiger partial charge on any atom is 0.0507 e. The SMILES string of the molecule is C=S1(=C)CCN(CC2=CCC(C(C)C)=N2)CC1. The monoisotopic (exact) mass is 252 g/mol. The van der Waals surface area contributed by atoms with E-state index in [1.54, 1.807) is 0 Å². The van der Waals surface area contributed by atoms with Crippen molar-refractivity contribution in [2.75, 3.05) is 31.1 Å². The van der Waals surface area contributed by atoms with E-state index in [4.69, 9.17) is 4.99 Å². The van der Waals surface area contributed by atoms with Crippen molar-refractivity contribution in [1.29, 1.82) is 0 Å². The molecule has 2 aliphatic rings. The van der Waals surface area contributed by atoms with E-state index in [-0.39, 0.29) is 0 Å². The second kappa shape index (κ2) is 4.99. The van der Waals surface area contributed by atoms with Gasteiger partial charge in [-0.1, -0.05) is 31.7 Å². The van der Waals surface area contributed by atoms with Crippen LogP contribution in [0.5, 0.6) is 0 Å². The average Bonchev–Trinajstić information content (AvgIpc) is 2.70. The second-order valence-corrected chi connectivity index (χ2v) is 8.83. The molecule has 0 spiro atoms. The third-order valence-electron chi connectivity index (χ3n) is 3.57. The summed E-state index contributed by atoms with van der Waals surface area (Å²) < 4.78 is 0. The zero-order chi connectivity index (χ0) is 12.5. The molecule has 17 heavy (non-hydrogen) atoms. The summed E-state index contributed by atoms with van der Waals surface area (Å²) >= 11 is 0. The normalized spacial score (nSPS) is 24.9. The van der Waals surface area contributed by atoms with Crippen LogP contribution in [0.3, 0.4) is 0 Å². The fourth-order valence-electron chi connectivity index (χ4n) is 2.21. The number of nitrogens with zero attached hydrogens (tertiary/aromatic N) is 2. The average molecular weight is 252 g/mol. The lowest BCUT2D eigenvalue weighted by Gasteiger charge is -2.31. The Morgan fingerprint density at radius 1 is 1.35 bits per heavy atom. The van der Waals surface area contributed by atoms with Crippen LogP contribution in [0.25, 0.3) is 0 Å². The van der Waals surface area contributed by atoms with Crippen molar-refractivity contribution in [2.24, 2.45) is 10.9 Å². The standard InChI is InChI=1S/C14H24N2S/c1-12(2)14-6-5-13(15-14)11-16-7-9-17(3,4)10-8-16/h5,12H,3-4,6-11H2,1-2H3. The zero-order valence-electron chi connectivity index (χ0n) is 11.1. The van der Waals surface area contributed by atoms with Gasteiger partial charge in [0.05, 0.1) is 5.70 Å². The predicted molar refractivity (Wildman–Crippen MR) is 83.0 cm³/mol. The van der Waals surface area contributed by atoms with Crippen LogP contribution in [-0.2, 0) is 0 Å². The van der Waals surface area contributed by atoms with Gasteiger partial charge in [-0.15, -0.1) is 0 Å². The highest BCUT2D eigenvalue weighted by molar-refractivity contribution is 8.27. The fourth-order valence-corrected chi connectivity index (χ4v) is 3.70. The van der Waals surface area contributed by atoms with Crippen LogP contribution in [0.4, 0.5) is 0 Å². The molecule has 0 amide bonds. The Hall–Kier alpha value is -0.540. The maximum absolute atomic E-state index is 4.73. The molecule has 0 saturated carbocycles. The van der Waals surface area contributed by atoms with E-state index in [9.17, 15) is 0 Å². The minimum Gasteiger partial charge on any atom is -0.296 e. The first-order chi connectivity index (χ1) is 7.96. The minimum absolute atomic E-state index is 0.585. The number of hydrogen-bond acceptors (Lipinski definition) is 2. The quantitative estimate of drug-likeness (QED) is 0.704. The van der Waals surface area contributed by atoms with Crippen LogP contribution in [0.1, 0.15) is 20.3 Å². The molecule has 0 aromatic heterocycles. The van der Waals surface area contributed by atoms with Crippen LogP contribution in [0.15, 0.2) is 16.8 Å². The van der Waals surface area contributed by atoms with E-state index in [1.165, 1.54) is 22.9 Å². The lowest BCUT2D eigenvalue weighted by molar-refractivity contribution is 0.327. The van der Waals surface area contributed by atoms with Gasteiger partial charge in [0.15, 0.2) is 0 Å². The van der Waals surface area contributed by atoms with E-state index in [0.29, 0.717) is 5.92 Å². The van der Waals surface area contributed by atoms with E-state index in [0.717, 1.165) is 26.1 Å². The van der Waals surface area contributed by atoms with Gasteiger partial charge in [-0.05, 0) is 17.4 Å². The van der Waals surface area contributed by atoms with Gasteiger partial charge in [-0.3, -0.25) is 9.89 Å². The van der Waals surface area contributed by atoms with Crippen LogP contribution in [0.2, 0.25) is 0 Å². The number of aliphatic imine (C=N–C) groups is 1. The first-order valence-electron chi connectivity index (χ1n) is 6.40. The molecule has 0 unspecified atom stereocenters. The van der Waals surface area contributed by atoms with Crippen molar-refractivity contribution in [1.82, 2.24) is 4.90 Å². The Kier molecular flexibility index (Phi) is 3.79. The van der Waals surface area contributed by atoms with Crippen LogP contribution < -0.4 is 0 Å². The highest BCUT2D eigenvalue weighted by Crippen LogP contribution is 2.24. The van der Waals surface area contributed by atoms with E-state index in [1.807, 2.05) is 0 Å². The van der Waals surface area contributed by atoms with Gasteiger partial charge < -0.3 is 0 Å². The molecule has 2 aliphatic heterocycles. The molecule has 0 bridgehead atoms. The summed E-state index contributed by atoms with van der Waals surface area (Å²) in [6, 6.07) is 0. The molecule has 2 nitrogen and oxygen atoms in total. The summed E-state index contributed by atoms with van der Waals surface area (Å²) in [4.78, 5) is 7.23. The molecule has 0 aromatic rings. The Morgan fingerprint density at radius 2 is 2.00 bits per heavy atom. The number of allylic oxidation sites excluding steroid dienone is 1. The highest BCUT2D eigenvalue weighted by atomic mass is 32.2. The lowest BCUT2D eigenvalue weighted by atomic mass is 10.1. The van der Waals surface area contributed by atoms with Crippen molar-refractivity contribution in [3.05, 3.63) is 11.8 Å². The van der Waals surface area contributed by atoms with Gasteiger partial charge in [-0.2, -0.15) is 0 Å². The summed E-state index contributed by atoms with van der Waals surface area (Å²) in [5, 5.41) is 0. The summed E-state index contributed by atoms with van der Waals surface area (Å²) in [7, 11) is -0.770. The topological polar surface area (TPSA) is 15.6 Å². The molecule has 96 valence electrons. The molecule has 1 fully saturated rings. The van der Waals surface area contributed by atoms with Gasteiger partial charge in [0.2, 0.25) is 0 Å². The number of hydrogen-bond donors (Lipinski definition) is 0. The smallest absolute Gasteiger partial charge is 0.0507 e. The van der Waals surface area contributed by atoms with E-state index >= 15 is 0 Å². The molecule has 1 saturated heterocycles. The Balaban J connectivity index is 1.88. The Labute approximate surface area is 106 Å². The van der Waals surface area contributed by atoms with Crippen LogP contribution >= 0.6 is 9.21 Å². The van der Waals surface area contributed by atoms with Crippen molar-refractivity contribution >= 4 is 26.7 Å². The van der Waals surface area contributed by atoms with Crippen molar-refractivity contribution < 1.29 is 0 Å². The Bertz CT molecular complexity index is 427. The number of rotatable bonds is 3. The van der Waals surface area contributed by atoms with Gasteiger partial charge in [0.1, 0.15) is 0 Å². The lowest BCUT2D eigenvalue weighted by Crippen LogP contribution is -2.35. The summed E-state index contributed by atoms with van der Waals surface area (Å²) in [5.41, 5.74) is 2.61. The molecule has 0 aromatic carbocycles. The van der Waals surface area contributed by atoms with E-state index < -0.39 is 9.21 Å². The molecular weight excluding hydrogens is 228 g/mol. The molecule has 2 heterocycles. The molecule has 0 aliphatic carbocycles. The van der Waals surface area contributed by atoms with Crippen molar-refractivity contribution in [2.45, 2.75) is 20.3 Å². The van der Waals surface area contributed by atoms with Crippen molar-refractivity contribution in [3.8, 4) is 0 Å². The largest absolute Gasteiger partial charge is 0.296 e. The van der Waals surface area contributed by atoms with Gasteiger partial charge in [-0.25, -0.2) is 9.21 Å². The molecule has 0 atom stereocenters. The maximum atomic E-state index is 4.73. The molecule has 0 N–H and O–H groups in total. The van der Waals surface area contributed by atoms with Crippen molar-refractivity contribution in [3.63, 3.8) is 0 Å². The zero-order valence-corrected chi connectivity index (χ0v) is 11.9. The van der Waals surface area contributed by atoms with E-state index in [2.05, 4.69) is 36.6 Å². The third kappa shape index (κ3) is 3.46. The first kappa shape index (κ1) is 12.9. The highest BCUT2D eigenvalue weighted by Gasteiger charge is 2.17. The van der Waals surface area contributed by atoms with Crippen LogP contribution in [0, 0.1) is 5.92 Å². The van der Waals surface area contributed by atoms with Gasteiger partial charge in [0.25, 0.3) is 0 Å². The molecular formula is C14H24N2S. The predicted octanol–water partition coefficient (Wildman–Crippen LogP) is 2.36. The third-order valence-corrected chi connectivity index (χ3v) is 5.66. The fraction of sp³-hybridized carbons (Fsp3) is 0.643. The summed E-state index contributed by atoms with van der Waals surface area (Å²) in [6.45, 7) is 7.75. The molecule has 0 radical (unpaired) electrons. The van der Waals surface area contributed by atoms with Gasteiger partial charge in [0, 0.05) is 31.8 Å². The minimum atomic E-state index is -0.770. The van der Waals surface area contributed by atoms with Gasteiger partial charge >= 0.3 is 0 Å². The molecule has 2 rings (SSSR count). The second-order valence-electron chi connectivity index (χ2n) is 5.57.